The van der Waals surface area contributed by atoms with Crippen LogP contribution in [-0.2, 0) is 13.0 Å². The highest BCUT2D eigenvalue weighted by Crippen LogP contribution is 2.25. The molecule has 0 fully saturated rings. The Kier molecular flexibility index (Phi) is 2.82. The lowest BCUT2D eigenvalue weighted by atomic mass is 10.3. The van der Waals surface area contributed by atoms with Crippen LogP contribution in [0.2, 0.25) is 0 Å². The number of halogens is 1. The first kappa shape index (κ1) is 8.17. The zero-order valence-electron chi connectivity index (χ0n) is 5.59. The van der Waals surface area contributed by atoms with Crippen LogP contribution >= 0.6 is 27.5 Å². The van der Waals surface area contributed by atoms with E-state index in [2.05, 4.69) is 20.3 Å². The second kappa shape index (κ2) is 3.46. The molecule has 1 rings (SSSR count). The largest absolute Gasteiger partial charge is 0.391 e. The zero-order valence-corrected chi connectivity index (χ0v) is 8.00. The Hall–Kier alpha value is 0.0700. The first-order valence-corrected chi connectivity index (χ1v) is 4.60. The highest BCUT2D eigenvalue weighted by atomic mass is 79.9. The third-order valence-electron chi connectivity index (χ3n) is 1.24. The van der Waals surface area contributed by atoms with Crippen LogP contribution in [-0.4, -0.2) is 9.48 Å². The van der Waals surface area contributed by atoms with E-state index in [9.17, 15) is 0 Å². The van der Waals surface area contributed by atoms with Gasteiger partial charge < -0.3 is 5.11 Å². The Morgan fingerprint density at radius 3 is 2.70 bits per heavy atom. The van der Waals surface area contributed by atoms with Crippen LogP contribution in [0.25, 0.3) is 0 Å². The molecule has 1 aromatic heterocycles. The van der Waals surface area contributed by atoms with Gasteiger partial charge in [-0.05, 0) is 33.9 Å². The number of aryl methyl sites for hydroxylation is 1. The molecule has 0 radical (unpaired) electrons. The second-order valence-corrected chi connectivity index (χ2v) is 3.53. The van der Waals surface area contributed by atoms with Crippen molar-refractivity contribution in [1.82, 2.24) is 4.37 Å². The number of hydrogen-bond donors (Lipinski definition) is 1. The fourth-order valence-electron chi connectivity index (χ4n) is 0.669. The highest BCUT2D eigenvalue weighted by Gasteiger charge is 2.07. The SMILES string of the molecule is CCc1nsc(CO)c1Br. The van der Waals surface area contributed by atoms with Crippen molar-refractivity contribution < 1.29 is 5.11 Å². The second-order valence-electron chi connectivity index (χ2n) is 1.88. The predicted octanol–water partition coefficient (Wildman–Crippen LogP) is 1.96. The maximum absolute atomic E-state index is 8.77. The van der Waals surface area contributed by atoms with E-state index in [-0.39, 0.29) is 6.61 Å². The summed E-state index contributed by atoms with van der Waals surface area (Å²) in [6.45, 7) is 2.12. The van der Waals surface area contributed by atoms with Crippen LogP contribution in [0.5, 0.6) is 0 Å². The van der Waals surface area contributed by atoms with Gasteiger partial charge in [0, 0.05) is 0 Å². The van der Waals surface area contributed by atoms with Gasteiger partial charge in [-0.1, -0.05) is 6.92 Å². The molecule has 0 aliphatic heterocycles. The molecule has 0 bridgehead atoms. The van der Waals surface area contributed by atoms with E-state index in [4.69, 9.17) is 5.11 Å². The molecule has 4 heteroatoms. The summed E-state index contributed by atoms with van der Waals surface area (Å²) in [4.78, 5) is 0.914. The van der Waals surface area contributed by atoms with Crippen molar-refractivity contribution in [2.75, 3.05) is 0 Å². The predicted molar refractivity (Wildman–Crippen MR) is 45.1 cm³/mol. The van der Waals surface area contributed by atoms with Crippen molar-refractivity contribution in [2.24, 2.45) is 0 Å². The van der Waals surface area contributed by atoms with Gasteiger partial charge in [0.2, 0.25) is 0 Å². The minimum Gasteiger partial charge on any atom is -0.391 e. The van der Waals surface area contributed by atoms with Gasteiger partial charge in [-0.2, -0.15) is 4.37 Å². The monoisotopic (exact) mass is 221 g/mol. The van der Waals surface area contributed by atoms with E-state index < -0.39 is 0 Å². The van der Waals surface area contributed by atoms with Crippen LogP contribution in [0.3, 0.4) is 0 Å². The van der Waals surface area contributed by atoms with Crippen LogP contribution in [0, 0.1) is 0 Å². The lowest BCUT2D eigenvalue weighted by Crippen LogP contribution is -1.81. The molecule has 2 nitrogen and oxygen atoms in total. The smallest absolute Gasteiger partial charge is 0.0801 e. The first-order chi connectivity index (χ1) is 4.79. The van der Waals surface area contributed by atoms with E-state index in [0.717, 1.165) is 21.5 Å². The average Bonchev–Trinajstić information content (AvgIpc) is 2.30. The van der Waals surface area contributed by atoms with Crippen molar-refractivity contribution in [3.8, 4) is 0 Å². The van der Waals surface area contributed by atoms with Gasteiger partial charge in [-0.25, -0.2) is 0 Å². The molecule has 0 amide bonds. The van der Waals surface area contributed by atoms with E-state index in [1.807, 2.05) is 6.92 Å². The molecule has 0 atom stereocenters. The Bertz CT molecular complexity index is 202. The summed E-state index contributed by atoms with van der Waals surface area (Å²) in [6.07, 6.45) is 0.914. The number of aromatic nitrogens is 1. The van der Waals surface area contributed by atoms with Gasteiger partial charge in [0.15, 0.2) is 0 Å². The molecule has 1 heterocycles. The fraction of sp³-hybridized carbons (Fsp3) is 0.500. The molecule has 0 aromatic carbocycles. The Morgan fingerprint density at radius 2 is 2.40 bits per heavy atom. The molecular weight excluding hydrogens is 214 g/mol. The summed E-state index contributed by atoms with van der Waals surface area (Å²) in [5.74, 6) is 0. The number of rotatable bonds is 2. The summed E-state index contributed by atoms with van der Waals surface area (Å²) in [5.41, 5.74) is 1.04. The third kappa shape index (κ3) is 1.38. The number of nitrogens with zero attached hydrogens (tertiary/aromatic N) is 1. The van der Waals surface area contributed by atoms with Crippen molar-refractivity contribution in [3.63, 3.8) is 0 Å². The molecule has 1 N–H and O–H groups in total. The summed E-state index contributed by atoms with van der Waals surface area (Å²) in [6, 6.07) is 0. The summed E-state index contributed by atoms with van der Waals surface area (Å²) in [7, 11) is 0. The van der Waals surface area contributed by atoms with E-state index >= 15 is 0 Å². The standard InChI is InChI=1S/C6H8BrNOS/c1-2-4-6(7)5(3-9)10-8-4/h9H,2-3H2,1H3. The number of aliphatic hydroxyl groups is 1. The first-order valence-electron chi connectivity index (χ1n) is 3.03. The zero-order chi connectivity index (χ0) is 7.56. The average molecular weight is 222 g/mol. The van der Waals surface area contributed by atoms with Crippen LogP contribution in [0.4, 0.5) is 0 Å². The summed E-state index contributed by atoms with van der Waals surface area (Å²) < 4.78 is 5.11. The molecule has 1 aromatic rings. The van der Waals surface area contributed by atoms with Crippen LogP contribution in [0.1, 0.15) is 17.5 Å². The maximum Gasteiger partial charge on any atom is 0.0801 e. The number of aliphatic hydroxyl groups excluding tert-OH is 1. The van der Waals surface area contributed by atoms with Gasteiger partial charge >= 0.3 is 0 Å². The van der Waals surface area contributed by atoms with Gasteiger partial charge in [0.05, 0.1) is 21.7 Å². The van der Waals surface area contributed by atoms with Gasteiger partial charge in [0.1, 0.15) is 0 Å². The number of hydrogen-bond acceptors (Lipinski definition) is 3. The third-order valence-corrected chi connectivity index (χ3v) is 3.31. The van der Waals surface area contributed by atoms with Gasteiger partial charge in [-0.15, -0.1) is 0 Å². The van der Waals surface area contributed by atoms with Crippen molar-refractivity contribution >= 4 is 27.5 Å². The minimum atomic E-state index is 0.0816. The molecule has 0 spiro atoms. The van der Waals surface area contributed by atoms with Crippen molar-refractivity contribution in [3.05, 3.63) is 15.0 Å². The van der Waals surface area contributed by atoms with E-state index in [1.54, 1.807) is 0 Å². The summed E-state index contributed by atoms with van der Waals surface area (Å²) in [5, 5.41) is 8.77. The fourth-order valence-corrected chi connectivity index (χ4v) is 2.19. The Morgan fingerprint density at radius 1 is 1.70 bits per heavy atom. The van der Waals surface area contributed by atoms with Crippen LogP contribution in [0.15, 0.2) is 4.47 Å². The lowest BCUT2D eigenvalue weighted by Gasteiger charge is -1.89. The Labute approximate surface area is 72.2 Å². The Balaban J connectivity index is 2.97. The molecule has 56 valence electrons. The quantitative estimate of drug-likeness (QED) is 0.829. The lowest BCUT2D eigenvalue weighted by molar-refractivity contribution is 0.285. The molecule has 0 aliphatic carbocycles. The molecule has 0 saturated carbocycles. The molecule has 0 saturated heterocycles. The van der Waals surface area contributed by atoms with Crippen molar-refractivity contribution in [1.29, 1.82) is 0 Å². The molecular formula is C6H8BrNOS. The minimum absolute atomic E-state index is 0.0816. The van der Waals surface area contributed by atoms with Gasteiger partial charge in [-0.3, -0.25) is 0 Å². The maximum atomic E-state index is 8.77. The topological polar surface area (TPSA) is 33.1 Å². The highest BCUT2D eigenvalue weighted by molar-refractivity contribution is 9.10. The molecule has 0 aliphatic rings. The molecule has 0 unspecified atom stereocenters. The van der Waals surface area contributed by atoms with E-state index in [1.165, 1.54) is 11.5 Å². The van der Waals surface area contributed by atoms with E-state index in [0.29, 0.717) is 0 Å². The molecule has 10 heavy (non-hydrogen) atoms. The van der Waals surface area contributed by atoms with Gasteiger partial charge in [0.25, 0.3) is 0 Å². The summed E-state index contributed by atoms with van der Waals surface area (Å²) >= 11 is 4.71. The van der Waals surface area contributed by atoms with Crippen molar-refractivity contribution in [2.45, 2.75) is 20.0 Å². The van der Waals surface area contributed by atoms with Crippen LogP contribution < -0.4 is 0 Å². The normalized spacial score (nSPS) is 10.3.